The van der Waals surface area contributed by atoms with Crippen molar-refractivity contribution >= 4 is 47.3 Å². The fourth-order valence-corrected chi connectivity index (χ4v) is 3.25. The van der Waals surface area contributed by atoms with Crippen molar-refractivity contribution in [1.82, 2.24) is 0 Å². The molecule has 1 saturated heterocycles. The third-order valence-electron chi connectivity index (χ3n) is 3.79. The average Bonchev–Trinajstić information content (AvgIpc) is 2.74. The van der Waals surface area contributed by atoms with E-state index < -0.39 is 11.6 Å². The summed E-state index contributed by atoms with van der Waals surface area (Å²) in [4.78, 5) is 12.2. The van der Waals surface area contributed by atoms with Gasteiger partial charge in [0.25, 0.3) is 0 Å². The Morgan fingerprint density at radius 2 is 1.74 bits per heavy atom. The number of hydrogen-bond acceptors (Lipinski definition) is 3. The monoisotopic (exact) mass is 371 g/mol. The summed E-state index contributed by atoms with van der Waals surface area (Å²) in [6.07, 6.45) is 0.542. The van der Waals surface area contributed by atoms with Gasteiger partial charge in [0.1, 0.15) is 11.6 Å². The molecule has 0 aromatic heterocycles. The normalized spacial score (nSPS) is 23.1. The molecule has 0 saturated carbocycles. The van der Waals surface area contributed by atoms with E-state index in [4.69, 9.17) is 27.9 Å². The molecule has 3 rings (SSSR count). The maximum Gasteiger partial charge on any atom is 0.329 e. The van der Waals surface area contributed by atoms with E-state index >= 15 is 0 Å². The van der Waals surface area contributed by atoms with E-state index in [-0.39, 0.29) is 18.4 Å². The SMILES string of the molecule is CC1(c2ccccc2)CC(Nc2cc(Cl)cc(Cl)c2)C(=O)O1.Cl. The summed E-state index contributed by atoms with van der Waals surface area (Å²) in [6.45, 7) is 1.92. The van der Waals surface area contributed by atoms with Crippen molar-refractivity contribution in [2.45, 2.75) is 25.0 Å². The molecule has 1 aliphatic rings. The smallest absolute Gasteiger partial charge is 0.329 e. The topological polar surface area (TPSA) is 38.3 Å². The summed E-state index contributed by atoms with van der Waals surface area (Å²) in [5.74, 6) is -0.276. The summed E-state index contributed by atoms with van der Waals surface area (Å²) >= 11 is 12.0. The summed E-state index contributed by atoms with van der Waals surface area (Å²) in [6, 6.07) is 14.4. The van der Waals surface area contributed by atoms with E-state index in [0.29, 0.717) is 22.2 Å². The first-order chi connectivity index (χ1) is 10.5. The number of hydrogen-bond donors (Lipinski definition) is 1. The summed E-state index contributed by atoms with van der Waals surface area (Å²) in [5.41, 5.74) is 1.06. The van der Waals surface area contributed by atoms with Crippen LogP contribution in [0.1, 0.15) is 18.9 Å². The largest absolute Gasteiger partial charge is 0.453 e. The third-order valence-corrected chi connectivity index (χ3v) is 4.23. The number of carbonyl (C=O) groups is 1. The van der Waals surface area contributed by atoms with Crippen LogP contribution >= 0.6 is 35.6 Å². The van der Waals surface area contributed by atoms with Gasteiger partial charge in [0, 0.05) is 22.2 Å². The van der Waals surface area contributed by atoms with Crippen LogP contribution in [-0.4, -0.2) is 12.0 Å². The van der Waals surface area contributed by atoms with Crippen molar-refractivity contribution in [3.05, 3.63) is 64.1 Å². The lowest BCUT2D eigenvalue weighted by molar-refractivity contribution is -0.148. The second kappa shape index (κ2) is 7.00. The number of halogens is 3. The Kier molecular flexibility index (Phi) is 5.45. The van der Waals surface area contributed by atoms with Gasteiger partial charge in [-0.1, -0.05) is 53.5 Å². The molecule has 122 valence electrons. The number of nitrogens with one attached hydrogen (secondary N) is 1. The molecule has 1 N–H and O–H groups in total. The molecule has 0 bridgehead atoms. The average molecular weight is 373 g/mol. The van der Waals surface area contributed by atoms with Crippen LogP contribution in [0, 0.1) is 0 Å². The molecule has 1 aliphatic heterocycles. The first-order valence-electron chi connectivity index (χ1n) is 6.97. The Bertz CT molecular complexity index is 688. The van der Waals surface area contributed by atoms with Gasteiger partial charge in [0.2, 0.25) is 0 Å². The standard InChI is InChI=1S/C17H15Cl2NO2.ClH/c1-17(11-5-3-2-4-6-11)10-15(16(21)22-17)20-14-8-12(18)7-13(19)9-14;/h2-9,15,20H,10H2,1H3;1H. The molecule has 23 heavy (non-hydrogen) atoms. The molecule has 2 aromatic rings. The van der Waals surface area contributed by atoms with E-state index in [1.807, 2.05) is 37.3 Å². The highest BCUT2D eigenvalue weighted by molar-refractivity contribution is 6.35. The molecule has 0 radical (unpaired) electrons. The minimum atomic E-state index is -0.627. The molecule has 0 aliphatic carbocycles. The molecular formula is C17H16Cl3NO2. The van der Waals surface area contributed by atoms with E-state index in [1.165, 1.54) is 0 Å². The number of benzene rings is 2. The van der Waals surface area contributed by atoms with Gasteiger partial charge >= 0.3 is 5.97 Å². The zero-order valence-electron chi connectivity index (χ0n) is 12.4. The molecule has 1 heterocycles. The Morgan fingerprint density at radius 3 is 2.35 bits per heavy atom. The highest BCUT2D eigenvalue weighted by Crippen LogP contribution is 2.37. The predicted octanol–water partition coefficient (Wildman–Crippen LogP) is 5.06. The van der Waals surface area contributed by atoms with Gasteiger partial charge in [-0.15, -0.1) is 12.4 Å². The van der Waals surface area contributed by atoms with Crippen LogP contribution in [0.3, 0.4) is 0 Å². The molecule has 0 spiro atoms. The predicted molar refractivity (Wildman–Crippen MR) is 95.6 cm³/mol. The third kappa shape index (κ3) is 3.92. The maximum absolute atomic E-state index is 12.2. The summed E-state index contributed by atoms with van der Waals surface area (Å²) < 4.78 is 5.61. The Morgan fingerprint density at radius 1 is 1.13 bits per heavy atom. The Balaban J connectivity index is 0.00000192. The van der Waals surface area contributed by atoms with Gasteiger partial charge in [0.05, 0.1) is 0 Å². The van der Waals surface area contributed by atoms with Gasteiger partial charge in [-0.3, -0.25) is 0 Å². The van der Waals surface area contributed by atoms with Gasteiger partial charge in [-0.05, 0) is 30.7 Å². The number of ether oxygens (including phenoxy) is 1. The lowest BCUT2D eigenvalue weighted by Crippen LogP contribution is -2.25. The van der Waals surface area contributed by atoms with Crippen LogP contribution in [0.15, 0.2) is 48.5 Å². The van der Waals surface area contributed by atoms with Crippen molar-refractivity contribution in [3.8, 4) is 0 Å². The van der Waals surface area contributed by atoms with Gasteiger partial charge in [-0.25, -0.2) is 4.79 Å². The van der Waals surface area contributed by atoms with Crippen LogP contribution in [0.2, 0.25) is 10.0 Å². The van der Waals surface area contributed by atoms with Crippen molar-refractivity contribution in [3.63, 3.8) is 0 Å². The van der Waals surface area contributed by atoms with E-state index in [2.05, 4.69) is 5.32 Å². The van der Waals surface area contributed by atoms with Crippen molar-refractivity contribution in [2.24, 2.45) is 0 Å². The second-order valence-corrected chi connectivity index (χ2v) is 6.45. The van der Waals surface area contributed by atoms with Gasteiger partial charge < -0.3 is 10.1 Å². The molecule has 2 aromatic carbocycles. The Labute approximate surface area is 151 Å². The first-order valence-corrected chi connectivity index (χ1v) is 7.73. The molecule has 2 unspecified atom stereocenters. The number of esters is 1. The van der Waals surface area contributed by atoms with Crippen LogP contribution < -0.4 is 5.32 Å². The van der Waals surface area contributed by atoms with E-state index in [9.17, 15) is 4.79 Å². The zero-order chi connectivity index (χ0) is 15.7. The number of cyclic esters (lactones) is 1. The molecule has 0 amide bonds. The van der Waals surface area contributed by atoms with Crippen LogP contribution in [0.4, 0.5) is 5.69 Å². The quantitative estimate of drug-likeness (QED) is 0.765. The highest BCUT2D eigenvalue weighted by Gasteiger charge is 2.44. The molecule has 6 heteroatoms. The van der Waals surface area contributed by atoms with Crippen LogP contribution in [-0.2, 0) is 15.1 Å². The van der Waals surface area contributed by atoms with Gasteiger partial charge in [-0.2, -0.15) is 0 Å². The molecule has 3 nitrogen and oxygen atoms in total. The fraction of sp³-hybridized carbons (Fsp3) is 0.235. The highest BCUT2D eigenvalue weighted by atomic mass is 35.5. The van der Waals surface area contributed by atoms with E-state index in [1.54, 1.807) is 18.2 Å². The summed E-state index contributed by atoms with van der Waals surface area (Å²) in [5, 5.41) is 4.19. The minimum absolute atomic E-state index is 0. The number of rotatable bonds is 3. The lowest BCUT2D eigenvalue weighted by atomic mass is 9.91. The van der Waals surface area contributed by atoms with Gasteiger partial charge in [0.15, 0.2) is 0 Å². The fourth-order valence-electron chi connectivity index (χ4n) is 2.72. The van der Waals surface area contributed by atoms with Crippen molar-refractivity contribution in [2.75, 3.05) is 5.32 Å². The van der Waals surface area contributed by atoms with Crippen LogP contribution in [0.25, 0.3) is 0 Å². The molecular weight excluding hydrogens is 357 g/mol. The summed E-state index contributed by atoms with van der Waals surface area (Å²) in [7, 11) is 0. The van der Waals surface area contributed by atoms with Crippen LogP contribution in [0.5, 0.6) is 0 Å². The minimum Gasteiger partial charge on any atom is -0.453 e. The number of anilines is 1. The molecule has 1 fully saturated rings. The first kappa shape index (κ1) is 17.9. The second-order valence-electron chi connectivity index (χ2n) is 5.58. The molecule has 2 atom stereocenters. The van der Waals surface area contributed by atoms with E-state index in [0.717, 1.165) is 5.56 Å². The lowest BCUT2D eigenvalue weighted by Gasteiger charge is -2.22. The number of carbonyl (C=O) groups excluding carboxylic acids is 1. The Hall–Kier alpha value is -1.42. The zero-order valence-corrected chi connectivity index (χ0v) is 14.7. The van der Waals surface area contributed by atoms with Crippen molar-refractivity contribution in [1.29, 1.82) is 0 Å². The van der Waals surface area contributed by atoms with Crippen molar-refractivity contribution < 1.29 is 9.53 Å². The maximum atomic E-state index is 12.2.